The molecule has 6 rings (SSSR count). The van der Waals surface area contributed by atoms with Crippen molar-refractivity contribution in [3.05, 3.63) is 82.1 Å². The van der Waals surface area contributed by atoms with E-state index in [1.165, 1.54) is 4.88 Å². The highest BCUT2D eigenvalue weighted by Crippen LogP contribution is 2.47. The van der Waals surface area contributed by atoms with Crippen LogP contribution < -0.4 is 19.6 Å². The number of rotatable bonds is 2. The van der Waals surface area contributed by atoms with Gasteiger partial charge in [0.05, 0.1) is 16.6 Å². The zero-order valence-corrected chi connectivity index (χ0v) is 15.1. The van der Waals surface area contributed by atoms with Crippen LogP contribution in [0.15, 0.2) is 66.1 Å². The van der Waals surface area contributed by atoms with E-state index in [9.17, 15) is 0 Å². The Labute approximate surface area is 160 Å². The first kappa shape index (κ1) is 15.1. The summed E-state index contributed by atoms with van der Waals surface area (Å²) < 4.78 is 17.3. The first-order valence-corrected chi connectivity index (χ1v) is 9.70. The zero-order valence-electron chi connectivity index (χ0n) is 14.3. The first-order chi connectivity index (χ1) is 13.4. The molecule has 0 bridgehead atoms. The lowest BCUT2D eigenvalue weighted by Crippen LogP contribution is -2.42. The number of hydrogen-bond acceptors (Lipinski definition) is 6. The van der Waals surface area contributed by atoms with Gasteiger partial charge in [-0.2, -0.15) is 5.01 Å². The molecular weight excluding hydrogens is 360 g/mol. The van der Waals surface area contributed by atoms with Crippen molar-refractivity contribution in [3.8, 4) is 17.2 Å². The molecule has 2 aromatic carbocycles. The Morgan fingerprint density at radius 2 is 1.89 bits per heavy atom. The molecule has 0 saturated heterocycles. The van der Waals surface area contributed by atoms with Gasteiger partial charge in [0, 0.05) is 11.1 Å². The van der Waals surface area contributed by atoms with Gasteiger partial charge < -0.3 is 19.6 Å². The van der Waals surface area contributed by atoms with Crippen LogP contribution in [0, 0.1) is 0 Å². The molecule has 2 atom stereocenters. The minimum atomic E-state index is -0.173. The van der Waals surface area contributed by atoms with Crippen LogP contribution >= 0.6 is 11.3 Å². The summed E-state index contributed by atoms with van der Waals surface area (Å²) in [6.07, 6.45) is 2.08. The molecule has 27 heavy (non-hydrogen) atoms. The minimum Gasteiger partial charge on any atom is -0.468 e. The van der Waals surface area contributed by atoms with Gasteiger partial charge in [0.2, 0.25) is 13.0 Å². The Morgan fingerprint density at radius 1 is 0.963 bits per heavy atom. The van der Waals surface area contributed by atoms with Crippen LogP contribution in [-0.4, -0.2) is 11.8 Å². The second kappa shape index (κ2) is 5.77. The number of thiophene rings is 1. The van der Waals surface area contributed by atoms with Crippen LogP contribution in [0.4, 0.5) is 0 Å². The Balaban J connectivity index is 1.43. The lowest BCUT2D eigenvalue weighted by atomic mass is 10.0. The molecule has 0 saturated carbocycles. The summed E-state index contributed by atoms with van der Waals surface area (Å²) >= 11 is 1.70. The number of nitrogens with one attached hydrogen (secondary N) is 1. The van der Waals surface area contributed by atoms with E-state index in [1.807, 2.05) is 24.3 Å². The molecular formula is C21H16N2O3S. The third-order valence-corrected chi connectivity index (χ3v) is 5.98. The van der Waals surface area contributed by atoms with Crippen molar-refractivity contribution in [2.45, 2.75) is 12.3 Å². The van der Waals surface area contributed by atoms with Crippen molar-refractivity contribution in [3.63, 3.8) is 0 Å². The number of fused-ring (bicyclic) bond motifs is 4. The Bertz CT molecular complexity index is 1050. The number of ether oxygens (including phenoxy) is 3. The molecule has 0 unspecified atom stereocenters. The maximum atomic E-state index is 6.34. The fourth-order valence-electron chi connectivity index (χ4n) is 3.79. The molecule has 0 aliphatic carbocycles. The SMILES string of the molecule is C1=C(c2ccc3c(c2)OCO3)NN2[C@H]1c1ccccc1O[C@H]2c1cccs1. The molecule has 1 aromatic heterocycles. The summed E-state index contributed by atoms with van der Waals surface area (Å²) in [6, 6.07) is 18.5. The third kappa shape index (κ3) is 2.34. The summed E-state index contributed by atoms with van der Waals surface area (Å²) in [5, 5.41) is 4.25. The first-order valence-electron chi connectivity index (χ1n) is 8.83. The van der Waals surface area contributed by atoms with Crippen LogP contribution in [0.1, 0.15) is 28.3 Å². The van der Waals surface area contributed by atoms with Gasteiger partial charge in [-0.25, -0.2) is 0 Å². The Kier molecular flexibility index (Phi) is 3.23. The van der Waals surface area contributed by atoms with Gasteiger partial charge in [0.15, 0.2) is 11.5 Å². The van der Waals surface area contributed by atoms with Gasteiger partial charge in [-0.05, 0) is 41.8 Å². The van der Waals surface area contributed by atoms with E-state index in [1.54, 1.807) is 11.3 Å². The highest BCUT2D eigenvalue weighted by atomic mass is 32.1. The number of para-hydroxylation sites is 1. The summed E-state index contributed by atoms with van der Waals surface area (Å²) in [4.78, 5) is 1.17. The van der Waals surface area contributed by atoms with E-state index >= 15 is 0 Å². The lowest BCUT2D eigenvalue weighted by molar-refractivity contribution is -0.0302. The van der Waals surface area contributed by atoms with Crippen molar-refractivity contribution >= 4 is 17.0 Å². The molecule has 0 amide bonds. The van der Waals surface area contributed by atoms with Crippen LogP contribution in [0.2, 0.25) is 0 Å². The Hall–Kier alpha value is -2.96. The summed E-state index contributed by atoms with van der Waals surface area (Å²) in [5.41, 5.74) is 6.83. The van der Waals surface area contributed by atoms with Gasteiger partial charge >= 0.3 is 0 Å². The van der Waals surface area contributed by atoms with Crippen molar-refractivity contribution in [1.29, 1.82) is 0 Å². The fraction of sp³-hybridized carbons (Fsp3) is 0.143. The average Bonchev–Trinajstić information content (AvgIpc) is 3.47. The predicted octanol–water partition coefficient (Wildman–Crippen LogP) is 4.47. The van der Waals surface area contributed by atoms with Gasteiger partial charge in [-0.15, -0.1) is 11.3 Å². The molecule has 5 nitrogen and oxygen atoms in total. The quantitative estimate of drug-likeness (QED) is 0.715. The number of hydrogen-bond donors (Lipinski definition) is 1. The predicted molar refractivity (Wildman–Crippen MR) is 102 cm³/mol. The molecule has 6 heteroatoms. The second-order valence-corrected chi connectivity index (χ2v) is 7.62. The molecule has 3 aliphatic rings. The standard InChI is InChI=1S/C21H16N2O3S/c1-2-5-17-14(4-1)16-11-15(13-7-8-18-19(10-13)25-12-24-18)22-23(16)21(26-17)20-6-3-9-27-20/h1-11,16,21-22H,12H2/t16-,21+/m1/s1. The second-order valence-electron chi connectivity index (χ2n) is 6.64. The lowest BCUT2D eigenvalue weighted by Gasteiger charge is -2.38. The minimum absolute atomic E-state index is 0.0995. The Morgan fingerprint density at radius 3 is 2.81 bits per heavy atom. The summed E-state index contributed by atoms with van der Waals surface area (Å²) in [5.74, 6) is 2.51. The van der Waals surface area contributed by atoms with Crippen LogP contribution in [0.3, 0.4) is 0 Å². The molecule has 4 heterocycles. The third-order valence-electron chi connectivity index (χ3n) is 5.07. The number of hydrazine groups is 1. The van der Waals surface area contributed by atoms with E-state index < -0.39 is 0 Å². The molecule has 134 valence electrons. The van der Waals surface area contributed by atoms with E-state index in [2.05, 4.69) is 52.2 Å². The highest BCUT2D eigenvalue weighted by molar-refractivity contribution is 7.10. The van der Waals surface area contributed by atoms with Crippen molar-refractivity contribution < 1.29 is 14.2 Å². The van der Waals surface area contributed by atoms with E-state index in [0.717, 1.165) is 34.1 Å². The van der Waals surface area contributed by atoms with Crippen molar-refractivity contribution in [1.82, 2.24) is 10.4 Å². The highest BCUT2D eigenvalue weighted by Gasteiger charge is 2.40. The summed E-state index contributed by atoms with van der Waals surface area (Å²) in [6.45, 7) is 0.279. The van der Waals surface area contributed by atoms with Crippen molar-refractivity contribution in [2.24, 2.45) is 0 Å². The smallest absolute Gasteiger partial charge is 0.231 e. The van der Waals surface area contributed by atoms with E-state index in [0.29, 0.717) is 0 Å². The van der Waals surface area contributed by atoms with Gasteiger partial charge in [0.25, 0.3) is 0 Å². The molecule has 3 aromatic rings. The molecule has 0 spiro atoms. The summed E-state index contributed by atoms with van der Waals surface area (Å²) in [7, 11) is 0. The largest absolute Gasteiger partial charge is 0.468 e. The fourth-order valence-corrected chi connectivity index (χ4v) is 4.54. The maximum Gasteiger partial charge on any atom is 0.231 e. The van der Waals surface area contributed by atoms with Gasteiger partial charge in [0.1, 0.15) is 5.75 Å². The molecule has 1 N–H and O–H groups in total. The van der Waals surface area contributed by atoms with Gasteiger partial charge in [-0.3, -0.25) is 0 Å². The zero-order chi connectivity index (χ0) is 17.8. The van der Waals surface area contributed by atoms with E-state index in [-0.39, 0.29) is 19.1 Å². The normalized spacial score (nSPS) is 22.4. The van der Waals surface area contributed by atoms with E-state index in [4.69, 9.17) is 14.2 Å². The average molecular weight is 376 g/mol. The van der Waals surface area contributed by atoms with Crippen LogP contribution in [0.25, 0.3) is 5.70 Å². The monoisotopic (exact) mass is 376 g/mol. The van der Waals surface area contributed by atoms with Crippen LogP contribution in [0.5, 0.6) is 17.2 Å². The number of benzene rings is 2. The maximum absolute atomic E-state index is 6.34. The van der Waals surface area contributed by atoms with Gasteiger partial charge in [-0.1, -0.05) is 24.3 Å². The molecule has 0 radical (unpaired) electrons. The molecule has 0 fully saturated rings. The van der Waals surface area contributed by atoms with Crippen LogP contribution in [-0.2, 0) is 0 Å². The topological polar surface area (TPSA) is 43.0 Å². The molecule has 3 aliphatic heterocycles. The van der Waals surface area contributed by atoms with Crippen molar-refractivity contribution in [2.75, 3.05) is 6.79 Å². The number of nitrogens with zero attached hydrogens (tertiary/aromatic N) is 1.